The minimum atomic E-state index is -0.231. The highest BCUT2D eigenvalue weighted by Crippen LogP contribution is 2.13. The monoisotopic (exact) mass is 223 g/mol. The molecule has 1 fully saturated rings. The molecule has 4 heteroatoms. The second-order valence-electron chi connectivity index (χ2n) is 4.87. The average molecular weight is 223 g/mol. The lowest BCUT2D eigenvalue weighted by atomic mass is 10.1. The van der Waals surface area contributed by atoms with Crippen molar-refractivity contribution in [3.63, 3.8) is 0 Å². The van der Waals surface area contributed by atoms with Crippen molar-refractivity contribution < 1.29 is 4.79 Å². The Morgan fingerprint density at radius 2 is 2.19 bits per heavy atom. The van der Waals surface area contributed by atoms with E-state index in [4.69, 9.17) is 5.26 Å². The van der Waals surface area contributed by atoms with E-state index in [9.17, 15) is 4.79 Å². The lowest BCUT2D eigenvalue weighted by Gasteiger charge is -2.38. The van der Waals surface area contributed by atoms with Gasteiger partial charge < -0.3 is 4.90 Å². The maximum absolute atomic E-state index is 12.1. The number of amides is 1. The fourth-order valence-electron chi connectivity index (χ4n) is 1.91. The Labute approximate surface area is 97.8 Å². The summed E-state index contributed by atoms with van der Waals surface area (Å²) in [5.41, 5.74) is 0. The van der Waals surface area contributed by atoms with Gasteiger partial charge in [-0.2, -0.15) is 5.26 Å². The normalized spacial score (nSPS) is 22.6. The Morgan fingerprint density at radius 1 is 1.50 bits per heavy atom. The van der Waals surface area contributed by atoms with Crippen LogP contribution >= 0.6 is 0 Å². The molecule has 1 unspecified atom stereocenters. The SMILES string of the molecule is CC(C)CCN1CCN(C)C(CC#N)C1=O. The summed E-state index contributed by atoms with van der Waals surface area (Å²) in [5.74, 6) is 0.734. The van der Waals surface area contributed by atoms with E-state index in [0.717, 1.165) is 26.1 Å². The molecule has 0 saturated carbocycles. The average Bonchev–Trinajstić information content (AvgIpc) is 2.23. The highest BCUT2D eigenvalue weighted by molar-refractivity contribution is 5.82. The van der Waals surface area contributed by atoms with Gasteiger partial charge in [0.2, 0.25) is 5.91 Å². The molecule has 0 aromatic carbocycles. The highest BCUT2D eigenvalue weighted by atomic mass is 16.2. The van der Waals surface area contributed by atoms with Crippen molar-refractivity contribution in [1.82, 2.24) is 9.80 Å². The Bertz CT molecular complexity index is 282. The fourth-order valence-corrected chi connectivity index (χ4v) is 1.91. The molecule has 1 rings (SSSR count). The van der Waals surface area contributed by atoms with Crippen LogP contribution in [0.1, 0.15) is 26.7 Å². The van der Waals surface area contributed by atoms with Gasteiger partial charge >= 0.3 is 0 Å². The van der Waals surface area contributed by atoms with Crippen LogP contribution in [-0.2, 0) is 4.79 Å². The lowest BCUT2D eigenvalue weighted by Crippen LogP contribution is -2.55. The Hall–Kier alpha value is -1.08. The van der Waals surface area contributed by atoms with Gasteiger partial charge in [0.1, 0.15) is 6.04 Å². The molecule has 4 nitrogen and oxygen atoms in total. The number of likely N-dealkylation sites (N-methyl/N-ethyl adjacent to an activating group) is 1. The number of hydrogen-bond donors (Lipinski definition) is 0. The Kier molecular flexibility index (Phi) is 4.75. The number of nitriles is 1. The van der Waals surface area contributed by atoms with E-state index in [0.29, 0.717) is 12.3 Å². The number of nitrogens with zero attached hydrogens (tertiary/aromatic N) is 3. The number of carbonyl (C=O) groups excluding carboxylic acids is 1. The first-order valence-corrected chi connectivity index (χ1v) is 5.92. The quantitative estimate of drug-likeness (QED) is 0.716. The standard InChI is InChI=1S/C12H21N3O/c1-10(2)5-7-15-9-8-14(3)11(4-6-13)12(15)16/h10-11H,4-5,7-9H2,1-3H3. The predicted molar refractivity (Wildman–Crippen MR) is 62.7 cm³/mol. The van der Waals surface area contributed by atoms with E-state index in [2.05, 4.69) is 19.9 Å². The van der Waals surface area contributed by atoms with Crippen LogP contribution in [0.25, 0.3) is 0 Å². The maximum Gasteiger partial charge on any atom is 0.241 e. The summed E-state index contributed by atoms with van der Waals surface area (Å²) < 4.78 is 0. The van der Waals surface area contributed by atoms with Crippen LogP contribution in [0.2, 0.25) is 0 Å². The molecule has 0 N–H and O–H groups in total. The molecule has 1 amide bonds. The summed E-state index contributed by atoms with van der Waals surface area (Å²) in [7, 11) is 1.92. The minimum absolute atomic E-state index is 0.121. The molecule has 1 heterocycles. The van der Waals surface area contributed by atoms with Crippen LogP contribution in [0.4, 0.5) is 0 Å². The third kappa shape index (κ3) is 3.21. The number of hydrogen-bond acceptors (Lipinski definition) is 3. The second-order valence-corrected chi connectivity index (χ2v) is 4.87. The molecule has 1 aliphatic rings. The highest BCUT2D eigenvalue weighted by Gasteiger charge is 2.31. The topological polar surface area (TPSA) is 47.3 Å². The molecule has 16 heavy (non-hydrogen) atoms. The largest absolute Gasteiger partial charge is 0.340 e. The molecular formula is C12H21N3O. The molecular weight excluding hydrogens is 202 g/mol. The minimum Gasteiger partial charge on any atom is -0.340 e. The summed E-state index contributed by atoms with van der Waals surface area (Å²) in [6.45, 7) is 6.81. The predicted octanol–water partition coefficient (Wildman–Crippen LogP) is 1.09. The summed E-state index contributed by atoms with van der Waals surface area (Å²) >= 11 is 0. The molecule has 0 aliphatic carbocycles. The second kappa shape index (κ2) is 5.86. The maximum atomic E-state index is 12.1. The van der Waals surface area contributed by atoms with Crippen molar-refractivity contribution >= 4 is 5.91 Å². The van der Waals surface area contributed by atoms with Crippen LogP contribution in [0.5, 0.6) is 0 Å². The van der Waals surface area contributed by atoms with E-state index in [1.807, 2.05) is 16.8 Å². The molecule has 1 atom stereocenters. The first kappa shape index (κ1) is 13.0. The Balaban J connectivity index is 2.55. The van der Waals surface area contributed by atoms with Crippen LogP contribution in [0.3, 0.4) is 0 Å². The molecule has 0 radical (unpaired) electrons. The van der Waals surface area contributed by atoms with Crippen LogP contribution < -0.4 is 0 Å². The summed E-state index contributed by atoms with van der Waals surface area (Å²) in [6, 6.07) is 1.86. The number of rotatable bonds is 4. The molecule has 0 aromatic rings. The van der Waals surface area contributed by atoms with Crippen molar-refractivity contribution in [2.24, 2.45) is 5.92 Å². The van der Waals surface area contributed by atoms with Crippen molar-refractivity contribution in [1.29, 1.82) is 5.26 Å². The van der Waals surface area contributed by atoms with Crippen molar-refractivity contribution in [2.45, 2.75) is 32.7 Å². The van der Waals surface area contributed by atoms with Crippen LogP contribution in [0.15, 0.2) is 0 Å². The fraction of sp³-hybridized carbons (Fsp3) is 0.833. The van der Waals surface area contributed by atoms with Gasteiger partial charge in [0.15, 0.2) is 0 Å². The Morgan fingerprint density at radius 3 is 2.75 bits per heavy atom. The molecule has 0 bridgehead atoms. The van der Waals surface area contributed by atoms with Gasteiger partial charge in [0.05, 0.1) is 12.5 Å². The molecule has 0 spiro atoms. The van der Waals surface area contributed by atoms with Crippen molar-refractivity contribution in [3.05, 3.63) is 0 Å². The van der Waals surface area contributed by atoms with E-state index in [-0.39, 0.29) is 11.9 Å². The zero-order chi connectivity index (χ0) is 12.1. The lowest BCUT2D eigenvalue weighted by molar-refractivity contribution is -0.140. The first-order chi connectivity index (χ1) is 7.56. The van der Waals surface area contributed by atoms with Gasteiger partial charge in [-0.05, 0) is 19.4 Å². The van der Waals surface area contributed by atoms with Crippen LogP contribution in [-0.4, -0.2) is 48.4 Å². The smallest absolute Gasteiger partial charge is 0.241 e. The van der Waals surface area contributed by atoms with Crippen molar-refractivity contribution in [3.8, 4) is 6.07 Å². The zero-order valence-corrected chi connectivity index (χ0v) is 10.4. The van der Waals surface area contributed by atoms with E-state index in [1.165, 1.54) is 0 Å². The van der Waals surface area contributed by atoms with Gasteiger partial charge in [-0.1, -0.05) is 13.8 Å². The van der Waals surface area contributed by atoms with E-state index >= 15 is 0 Å². The molecule has 0 aromatic heterocycles. The number of carbonyl (C=O) groups is 1. The molecule has 1 saturated heterocycles. The van der Waals surface area contributed by atoms with Gasteiger partial charge in [-0.15, -0.1) is 0 Å². The van der Waals surface area contributed by atoms with Crippen LogP contribution in [0, 0.1) is 17.2 Å². The summed E-state index contributed by atoms with van der Waals surface area (Å²) in [4.78, 5) is 16.0. The van der Waals surface area contributed by atoms with Gasteiger partial charge in [-0.25, -0.2) is 0 Å². The third-order valence-corrected chi connectivity index (χ3v) is 3.11. The summed E-state index contributed by atoms with van der Waals surface area (Å²) in [5, 5.41) is 8.71. The van der Waals surface area contributed by atoms with Crippen molar-refractivity contribution in [2.75, 3.05) is 26.7 Å². The van der Waals surface area contributed by atoms with Gasteiger partial charge in [0.25, 0.3) is 0 Å². The third-order valence-electron chi connectivity index (χ3n) is 3.11. The summed E-state index contributed by atoms with van der Waals surface area (Å²) in [6.07, 6.45) is 1.34. The van der Waals surface area contributed by atoms with Gasteiger partial charge in [-0.3, -0.25) is 9.69 Å². The first-order valence-electron chi connectivity index (χ1n) is 5.92. The molecule has 1 aliphatic heterocycles. The zero-order valence-electron chi connectivity index (χ0n) is 10.4. The number of piperazine rings is 1. The van der Waals surface area contributed by atoms with E-state index in [1.54, 1.807) is 0 Å². The molecule has 90 valence electrons. The van der Waals surface area contributed by atoms with E-state index < -0.39 is 0 Å². The van der Waals surface area contributed by atoms with Gasteiger partial charge in [0, 0.05) is 19.6 Å².